The van der Waals surface area contributed by atoms with Crippen LogP contribution in [0, 0.1) is 11.8 Å². The monoisotopic (exact) mass is 258 g/mol. The Morgan fingerprint density at radius 1 is 1.21 bits per heavy atom. The maximum atomic E-state index is 11.3. The summed E-state index contributed by atoms with van der Waals surface area (Å²) in [5, 5.41) is 0. The minimum absolute atomic E-state index is 0.159. The molecule has 1 fully saturated rings. The first-order valence-corrected chi connectivity index (χ1v) is 7.72. The van der Waals surface area contributed by atoms with Gasteiger partial charge in [0.2, 0.25) is 0 Å². The molecule has 2 rings (SSSR count). The van der Waals surface area contributed by atoms with Crippen LogP contribution < -0.4 is 0 Å². The van der Waals surface area contributed by atoms with E-state index in [0.717, 1.165) is 17.4 Å². The van der Waals surface area contributed by atoms with E-state index in [2.05, 4.69) is 26.0 Å². The summed E-state index contributed by atoms with van der Waals surface area (Å²) in [6, 6.07) is 8.30. The second-order valence-corrected chi connectivity index (χ2v) is 6.21. The SMILES string of the molecule is CCC[C@@H]1CC[C@@H](c2ccc(C(C)=O)cc2)C[C@@H]1C. The van der Waals surface area contributed by atoms with Gasteiger partial charge in [-0.25, -0.2) is 0 Å². The minimum atomic E-state index is 0.159. The Morgan fingerprint density at radius 3 is 2.42 bits per heavy atom. The van der Waals surface area contributed by atoms with E-state index in [1.54, 1.807) is 6.92 Å². The lowest BCUT2D eigenvalue weighted by molar-refractivity contribution is 0.101. The quantitative estimate of drug-likeness (QED) is 0.678. The van der Waals surface area contributed by atoms with Gasteiger partial charge in [0, 0.05) is 5.56 Å². The molecule has 1 aliphatic rings. The maximum Gasteiger partial charge on any atom is 0.159 e. The number of hydrogen-bond donors (Lipinski definition) is 0. The van der Waals surface area contributed by atoms with Gasteiger partial charge in [-0.05, 0) is 49.5 Å². The van der Waals surface area contributed by atoms with Gasteiger partial charge in [0.05, 0.1) is 0 Å². The minimum Gasteiger partial charge on any atom is -0.295 e. The highest BCUT2D eigenvalue weighted by molar-refractivity contribution is 5.94. The predicted molar refractivity (Wildman–Crippen MR) is 80.6 cm³/mol. The molecule has 104 valence electrons. The molecule has 0 saturated heterocycles. The molecule has 1 saturated carbocycles. The molecule has 19 heavy (non-hydrogen) atoms. The van der Waals surface area contributed by atoms with Gasteiger partial charge in [0.15, 0.2) is 5.78 Å². The fraction of sp³-hybridized carbons (Fsp3) is 0.611. The first-order chi connectivity index (χ1) is 9.11. The van der Waals surface area contributed by atoms with Crippen LogP contribution in [0.15, 0.2) is 24.3 Å². The molecule has 0 radical (unpaired) electrons. The Morgan fingerprint density at radius 2 is 1.89 bits per heavy atom. The van der Waals surface area contributed by atoms with Crippen LogP contribution in [0.25, 0.3) is 0 Å². The van der Waals surface area contributed by atoms with Crippen molar-refractivity contribution in [2.24, 2.45) is 11.8 Å². The Balaban J connectivity index is 2.01. The standard InChI is InChI=1S/C18H26O/c1-4-5-15-6-11-18(12-13(15)2)17-9-7-16(8-10-17)14(3)19/h7-10,13,15,18H,4-6,11-12H2,1-3H3/t13-,15+,18+/m0/s1. The van der Waals surface area contributed by atoms with Gasteiger partial charge >= 0.3 is 0 Å². The van der Waals surface area contributed by atoms with Crippen LogP contribution >= 0.6 is 0 Å². The molecule has 0 amide bonds. The lowest BCUT2D eigenvalue weighted by atomic mass is 9.71. The molecule has 0 aromatic heterocycles. The van der Waals surface area contributed by atoms with Gasteiger partial charge < -0.3 is 0 Å². The number of ketones is 1. The van der Waals surface area contributed by atoms with Crippen molar-refractivity contribution in [3.8, 4) is 0 Å². The van der Waals surface area contributed by atoms with E-state index in [4.69, 9.17) is 0 Å². The highest BCUT2D eigenvalue weighted by Crippen LogP contribution is 2.41. The molecule has 1 aromatic carbocycles. The van der Waals surface area contributed by atoms with Crippen LogP contribution in [0.5, 0.6) is 0 Å². The highest BCUT2D eigenvalue weighted by Gasteiger charge is 2.27. The second-order valence-electron chi connectivity index (χ2n) is 6.21. The van der Waals surface area contributed by atoms with Crippen LogP contribution in [0.4, 0.5) is 0 Å². The van der Waals surface area contributed by atoms with E-state index in [1.165, 1.54) is 37.7 Å². The first kappa shape index (κ1) is 14.3. The van der Waals surface area contributed by atoms with E-state index in [-0.39, 0.29) is 5.78 Å². The van der Waals surface area contributed by atoms with E-state index in [1.807, 2.05) is 12.1 Å². The fourth-order valence-electron chi connectivity index (χ4n) is 3.55. The van der Waals surface area contributed by atoms with Crippen LogP contribution in [0.2, 0.25) is 0 Å². The van der Waals surface area contributed by atoms with Crippen molar-refractivity contribution in [2.45, 2.75) is 58.8 Å². The Bertz CT molecular complexity index is 418. The Hall–Kier alpha value is -1.11. The average Bonchev–Trinajstić information content (AvgIpc) is 2.41. The third-order valence-electron chi connectivity index (χ3n) is 4.80. The molecule has 0 unspecified atom stereocenters. The molecule has 0 N–H and O–H groups in total. The number of benzene rings is 1. The third-order valence-corrected chi connectivity index (χ3v) is 4.80. The topological polar surface area (TPSA) is 17.1 Å². The molecule has 1 nitrogen and oxygen atoms in total. The molecule has 0 aliphatic heterocycles. The van der Waals surface area contributed by atoms with Crippen LogP contribution in [-0.2, 0) is 0 Å². The molecule has 0 heterocycles. The first-order valence-electron chi connectivity index (χ1n) is 7.72. The van der Waals surface area contributed by atoms with Crippen molar-refractivity contribution in [1.82, 2.24) is 0 Å². The summed E-state index contributed by atoms with van der Waals surface area (Å²) < 4.78 is 0. The van der Waals surface area contributed by atoms with Crippen LogP contribution in [0.3, 0.4) is 0 Å². The van der Waals surface area contributed by atoms with E-state index < -0.39 is 0 Å². The summed E-state index contributed by atoms with van der Waals surface area (Å²) in [4.78, 5) is 11.3. The van der Waals surface area contributed by atoms with E-state index in [0.29, 0.717) is 5.92 Å². The van der Waals surface area contributed by atoms with E-state index in [9.17, 15) is 4.79 Å². The zero-order valence-corrected chi connectivity index (χ0v) is 12.5. The number of Topliss-reactive ketones (excluding diaryl/α,β-unsaturated/α-hetero) is 1. The van der Waals surface area contributed by atoms with Crippen molar-refractivity contribution >= 4 is 5.78 Å². The summed E-state index contributed by atoms with van der Waals surface area (Å²) in [5.74, 6) is 2.62. The lowest BCUT2D eigenvalue weighted by Crippen LogP contribution is -2.21. The van der Waals surface area contributed by atoms with Crippen molar-refractivity contribution < 1.29 is 4.79 Å². The normalized spacial score (nSPS) is 27.2. The molecule has 1 aromatic rings. The second kappa shape index (κ2) is 6.36. The molecule has 1 aliphatic carbocycles. The maximum absolute atomic E-state index is 11.3. The van der Waals surface area contributed by atoms with Gasteiger partial charge in [-0.15, -0.1) is 0 Å². The summed E-state index contributed by atoms with van der Waals surface area (Å²) in [6.07, 6.45) is 6.69. The van der Waals surface area contributed by atoms with Crippen LogP contribution in [0.1, 0.15) is 74.7 Å². The smallest absolute Gasteiger partial charge is 0.159 e. The molecule has 0 bridgehead atoms. The number of hydrogen-bond acceptors (Lipinski definition) is 1. The zero-order valence-electron chi connectivity index (χ0n) is 12.5. The Labute approximate surface area is 117 Å². The number of carbonyl (C=O) groups is 1. The number of rotatable bonds is 4. The predicted octanol–water partition coefficient (Wildman–Crippen LogP) is 5.21. The fourth-order valence-corrected chi connectivity index (χ4v) is 3.55. The average molecular weight is 258 g/mol. The van der Waals surface area contributed by atoms with Gasteiger partial charge in [-0.2, -0.15) is 0 Å². The van der Waals surface area contributed by atoms with Gasteiger partial charge in [0.1, 0.15) is 0 Å². The molecule has 0 spiro atoms. The lowest BCUT2D eigenvalue weighted by Gasteiger charge is -2.34. The van der Waals surface area contributed by atoms with Crippen molar-refractivity contribution in [3.63, 3.8) is 0 Å². The van der Waals surface area contributed by atoms with Crippen molar-refractivity contribution in [2.75, 3.05) is 0 Å². The zero-order chi connectivity index (χ0) is 13.8. The van der Waals surface area contributed by atoms with Crippen LogP contribution in [-0.4, -0.2) is 5.78 Å². The molecule has 3 atom stereocenters. The summed E-state index contributed by atoms with van der Waals surface area (Å²) in [5.41, 5.74) is 2.25. The van der Waals surface area contributed by atoms with Gasteiger partial charge in [-0.1, -0.05) is 51.0 Å². The van der Waals surface area contributed by atoms with Crippen molar-refractivity contribution in [3.05, 3.63) is 35.4 Å². The molecule has 1 heteroatoms. The Kier molecular flexibility index (Phi) is 4.79. The summed E-state index contributed by atoms with van der Waals surface area (Å²) >= 11 is 0. The summed E-state index contributed by atoms with van der Waals surface area (Å²) in [6.45, 7) is 6.34. The molecular formula is C18H26O. The molecular weight excluding hydrogens is 232 g/mol. The van der Waals surface area contributed by atoms with E-state index >= 15 is 0 Å². The highest BCUT2D eigenvalue weighted by atomic mass is 16.1. The number of carbonyl (C=O) groups excluding carboxylic acids is 1. The third kappa shape index (κ3) is 3.46. The van der Waals surface area contributed by atoms with Gasteiger partial charge in [-0.3, -0.25) is 4.79 Å². The largest absolute Gasteiger partial charge is 0.295 e. The van der Waals surface area contributed by atoms with Crippen molar-refractivity contribution in [1.29, 1.82) is 0 Å². The van der Waals surface area contributed by atoms with Gasteiger partial charge in [0.25, 0.3) is 0 Å². The summed E-state index contributed by atoms with van der Waals surface area (Å²) in [7, 11) is 0.